The maximum atomic E-state index is 15.0. The molecule has 2 aromatic rings. The molecule has 3 unspecified atom stereocenters. The third-order valence-electron chi connectivity index (χ3n) is 5.80. The van der Waals surface area contributed by atoms with Gasteiger partial charge in [-0.1, -0.05) is 23.4 Å². The molecular weight excluding hydrogens is 427 g/mol. The zero-order valence-electron chi connectivity index (χ0n) is 16.4. The fraction of sp³-hybridized carbons (Fsp3) is 0.381. The zero-order valence-corrected chi connectivity index (χ0v) is 18.0. The Bertz CT molecular complexity index is 987. The minimum atomic E-state index is -0.756. The summed E-state index contributed by atoms with van der Waals surface area (Å²) in [7, 11) is 1.70. The smallest absolute Gasteiger partial charge is 0.274 e. The van der Waals surface area contributed by atoms with Crippen LogP contribution in [0.3, 0.4) is 0 Å². The van der Waals surface area contributed by atoms with E-state index in [1.807, 2.05) is 0 Å². The van der Waals surface area contributed by atoms with E-state index in [2.05, 4.69) is 10.3 Å². The van der Waals surface area contributed by atoms with E-state index in [4.69, 9.17) is 27.1 Å². The van der Waals surface area contributed by atoms with E-state index in [0.717, 1.165) is 18.6 Å². The average molecular weight is 449 g/mol. The number of anilines is 1. The number of rotatable bonds is 4. The molecule has 0 spiro atoms. The number of hydrogen-bond acceptors (Lipinski definition) is 6. The van der Waals surface area contributed by atoms with Crippen molar-refractivity contribution < 1.29 is 13.9 Å². The normalized spacial score (nSPS) is 25.9. The van der Waals surface area contributed by atoms with Gasteiger partial charge < -0.3 is 15.8 Å². The van der Waals surface area contributed by atoms with Crippen LogP contribution in [0.15, 0.2) is 41.5 Å². The summed E-state index contributed by atoms with van der Waals surface area (Å²) in [6.45, 7) is 0. The summed E-state index contributed by atoms with van der Waals surface area (Å²) < 4.78 is 20.6. The van der Waals surface area contributed by atoms with Crippen LogP contribution in [0.5, 0.6) is 0 Å². The van der Waals surface area contributed by atoms with Gasteiger partial charge in [-0.3, -0.25) is 9.79 Å². The van der Waals surface area contributed by atoms with Crippen molar-refractivity contribution in [2.75, 3.05) is 18.2 Å². The number of benzene rings is 1. The van der Waals surface area contributed by atoms with Crippen LogP contribution in [0.2, 0.25) is 5.02 Å². The highest BCUT2D eigenvalue weighted by atomic mass is 35.5. The summed E-state index contributed by atoms with van der Waals surface area (Å²) in [6, 6.07) is 7.68. The van der Waals surface area contributed by atoms with Crippen molar-refractivity contribution in [2.24, 2.45) is 16.6 Å². The number of carbonyl (C=O) groups excluding carboxylic acids is 1. The van der Waals surface area contributed by atoms with Crippen molar-refractivity contribution in [3.05, 3.63) is 58.6 Å². The number of nitrogens with two attached hydrogens (primary N) is 1. The summed E-state index contributed by atoms with van der Waals surface area (Å²) in [5, 5.41) is 3.69. The first-order chi connectivity index (χ1) is 14.4. The van der Waals surface area contributed by atoms with Gasteiger partial charge in [-0.05, 0) is 49.6 Å². The SMILES string of the molecule is COC1CCC2(c3cc(NC(=O)c4ccc(Cl)cn4)ccc3F)N=C(N)SCC2C1. The lowest BCUT2D eigenvalue weighted by Gasteiger charge is -2.46. The number of amidine groups is 1. The van der Waals surface area contributed by atoms with E-state index < -0.39 is 11.4 Å². The number of thioether (sulfide) groups is 1. The quantitative estimate of drug-likeness (QED) is 0.731. The van der Waals surface area contributed by atoms with Crippen LogP contribution in [0.1, 0.15) is 35.3 Å². The lowest BCUT2D eigenvalue weighted by atomic mass is 9.68. The minimum absolute atomic E-state index is 0.0897. The lowest BCUT2D eigenvalue weighted by Crippen LogP contribution is -2.46. The molecule has 6 nitrogen and oxygen atoms in total. The monoisotopic (exact) mass is 448 g/mol. The maximum absolute atomic E-state index is 15.0. The van der Waals surface area contributed by atoms with Gasteiger partial charge in [0, 0.05) is 36.2 Å². The molecule has 2 aliphatic rings. The van der Waals surface area contributed by atoms with E-state index in [9.17, 15) is 4.79 Å². The molecule has 1 aliphatic heterocycles. The van der Waals surface area contributed by atoms with Crippen LogP contribution in [-0.2, 0) is 10.3 Å². The number of methoxy groups -OCH3 is 1. The van der Waals surface area contributed by atoms with Gasteiger partial charge in [0.15, 0.2) is 5.17 Å². The molecule has 4 rings (SSSR count). The number of aromatic nitrogens is 1. The highest BCUT2D eigenvalue weighted by molar-refractivity contribution is 8.13. The number of pyridine rings is 1. The van der Waals surface area contributed by atoms with Gasteiger partial charge in [-0.15, -0.1) is 0 Å². The van der Waals surface area contributed by atoms with Crippen molar-refractivity contribution >= 4 is 40.1 Å². The fourth-order valence-electron chi connectivity index (χ4n) is 4.25. The Labute approximate surface area is 183 Å². The van der Waals surface area contributed by atoms with E-state index in [0.29, 0.717) is 27.9 Å². The molecule has 0 bridgehead atoms. The van der Waals surface area contributed by atoms with Gasteiger partial charge in [-0.2, -0.15) is 0 Å². The Morgan fingerprint density at radius 3 is 2.97 bits per heavy atom. The topological polar surface area (TPSA) is 89.6 Å². The van der Waals surface area contributed by atoms with Crippen molar-refractivity contribution in [1.82, 2.24) is 4.98 Å². The number of nitrogens with zero attached hydrogens (tertiary/aromatic N) is 2. The molecular formula is C21H22ClFN4O2S. The molecule has 1 amide bonds. The predicted octanol–water partition coefficient (Wildman–Crippen LogP) is 4.20. The van der Waals surface area contributed by atoms with Crippen molar-refractivity contribution in [2.45, 2.75) is 30.9 Å². The minimum Gasteiger partial charge on any atom is -0.381 e. The highest BCUT2D eigenvalue weighted by Gasteiger charge is 2.48. The molecule has 3 atom stereocenters. The molecule has 30 heavy (non-hydrogen) atoms. The number of carbonyl (C=O) groups is 1. The largest absolute Gasteiger partial charge is 0.381 e. The summed E-state index contributed by atoms with van der Waals surface area (Å²) in [5.74, 6) is 0.0808. The first-order valence-corrected chi connectivity index (χ1v) is 11.0. The number of hydrogen-bond donors (Lipinski definition) is 2. The molecule has 1 saturated carbocycles. The van der Waals surface area contributed by atoms with Crippen molar-refractivity contribution in [1.29, 1.82) is 0 Å². The molecule has 9 heteroatoms. The number of halogens is 2. The molecule has 0 radical (unpaired) electrons. The number of aliphatic imine (C=N–C) groups is 1. The van der Waals surface area contributed by atoms with E-state index >= 15 is 4.39 Å². The second kappa shape index (κ2) is 8.53. The molecule has 2 heterocycles. The second-order valence-corrected chi connectivity index (χ2v) is 9.00. The molecule has 1 aromatic carbocycles. The Morgan fingerprint density at radius 1 is 1.40 bits per heavy atom. The Morgan fingerprint density at radius 2 is 2.23 bits per heavy atom. The van der Waals surface area contributed by atoms with Crippen LogP contribution in [0.4, 0.5) is 10.1 Å². The Kier molecular flexibility index (Phi) is 5.99. The van der Waals surface area contributed by atoms with Crippen LogP contribution < -0.4 is 11.1 Å². The molecule has 1 fully saturated rings. The summed E-state index contributed by atoms with van der Waals surface area (Å²) in [4.78, 5) is 21.3. The van der Waals surface area contributed by atoms with Crippen LogP contribution >= 0.6 is 23.4 Å². The standard InChI is InChI=1S/C21H22ClFN4O2S/c1-29-15-6-7-21(12(8-15)11-30-20(24)27-21)16-9-14(3-4-17(16)23)26-19(28)18-5-2-13(22)10-25-18/h2-5,9-10,12,15H,6-8,11H2,1H3,(H2,24,27)(H,26,28). The average Bonchev–Trinajstić information content (AvgIpc) is 2.75. The third kappa shape index (κ3) is 4.04. The first kappa shape index (κ1) is 21.1. The third-order valence-corrected chi connectivity index (χ3v) is 6.98. The maximum Gasteiger partial charge on any atom is 0.274 e. The summed E-state index contributed by atoms with van der Waals surface area (Å²) in [6.07, 6.45) is 3.70. The molecule has 0 saturated heterocycles. The van der Waals surface area contributed by atoms with Crippen LogP contribution in [-0.4, -0.2) is 35.0 Å². The van der Waals surface area contributed by atoms with Gasteiger partial charge in [0.2, 0.25) is 0 Å². The number of fused-ring (bicyclic) bond motifs is 1. The van der Waals surface area contributed by atoms with Gasteiger partial charge in [0.25, 0.3) is 5.91 Å². The number of nitrogens with one attached hydrogen (secondary N) is 1. The molecule has 1 aromatic heterocycles. The Balaban J connectivity index is 1.67. The highest BCUT2D eigenvalue weighted by Crippen LogP contribution is 2.50. The molecule has 1 aliphatic carbocycles. The first-order valence-electron chi connectivity index (χ1n) is 9.65. The van der Waals surface area contributed by atoms with Crippen molar-refractivity contribution in [3.63, 3.8) is 0 Å². The van der Waals surface area contributed by atoms with Gasteiger partial charge in [-0.25, -0.2) is 9.37 Å². The summed E-state index contributed by atoms with van der Waals surface area (Å²) >= 11 is 7.32. The summed E-state index contributed by atoms with van der Waals surface area (Å²) in [5.41, 5.74) is 6.45. The van der Waals surface area contributed by atoms with E-state index in [-0.39, 0.29) is 23.5 Å². The molecule has 3 N–H and O–H groups in total. The van der Waals surface area contributed by atoms with Gasteiger partial charge in [0.1, 0.15) is 11.5 Å². The predicted molar refractivity (Wildman–Crippen MR) is 117 cm³/mol. The van der Waals surface area contributed by atoms with Crippen LogP contribution in [0, 0.1) is 11.7 Å². The number of ether oxygens (including phenoxy) is 1. The zero-order chi connectivity index (χ0) is 21.3. The second-order valence-electron chi connectivity index (χ2n) is 7.52. The fourth-order valence-corrected chi connectivity index (χ4v) is 5.38. The van der Waals surface area contributed by atoms with Crippen LogP contribution in [0.25, 0.3) is 0 Å². The Hall–Kier alpha value is -2.16. The van der Waals surface area contributed by atoms with Gasteiger partial charge >= 0.3 is 0 Å². The van der Waals surface area contributed by atoms with Crippen molar-refractivity contribution in [3.8, 4) is 0 Å². The van der Waals surface area contributed by atoms with E-state index in [1.54, 1.807) is 19.2 Å². The molecule has 158 valence electrons. The lowest BCUT2D eigenvalue weighted by molar-refractivity contribution is 0.0229. The number of amides is 1. The van der Waals surface area contributed by atoms with E-state index in [1.165, 1.54) is 36.2 Å². The van der Waals surface area contributed by atoms with Gasteiger partial charge in [0.05, 0.1) is 16.7 Å².